The first kappa shape index (κ1) is 14.8. The molecule has 0 aliphatic carbocycles. The lowest BCUT2D eigenvalue weighted by molar-refractivity contribution is -0.121. The van der Waals surface area contributed by atoms with Gasteiger partial charge in [-0.2, -0.15) is 0 Å². The van der Waals surface area contributed by atoms with Gasteiger partial charge in [0.15, 0.2) is 0 Å². The maximum atomic E-state index is 11.8. The molecule has 0 radical (unpaired) electrons. The van der Waals surface area contributed by atoms with E-state index in [1.54, 1.807) is 19.4 Å². The van der Waals surface area contributed by atoms with E-state index in [0.717, 1.165) is 16.8 Å². The lowest BCUT2D eigenvalue weighted by Crippen LogP contribution is -2.23. The highest BCUT2D eigenvalue weighted by Gasteiger charge is 2.03. The highest BCUT2D eigenvalue weighted by molar-refractivity contribution is 5.76. The molecule has 1 aromatic carbocycles. The number of hydrogen-bond acceptors (Lipinski definition) is 4. The number of nitrogens with zero attached hydrogens (tertiary/aromatic N) is 1. The van der Waals surface area contributed by atoms with Crippen molar-refractivity contribution in [2.75, 3.05) is 12.8 Å². The van der Waals surface area contributed by atoms with Crippen molar-refractivity contribution in [1.29, 1.82) is 0 Å². The predicted octanol–water partition coefficient (Wildman–Crippen LogP) is 1.92. The topological polar surface area (TPSA) is 77.2 Å². The van der Waals surface area contributed by atoms with Crippen LogP contribution in [0.5, 0.6) is 5.88 Å². The highest BCUT2D eigenvalue weighted by Crippen LogP contribution is 2.09. The van der Waals surface area contributed by atoms with E-state index in [0.29, 0.717) is 25.3 Å². The fraction of sp³-hybridized carbons (Fsp3) is 0.250. The Kier molecular flexibility index (Phi) is 5.15. The molecule has 0 saturated carbocycles. The van der Waals surface area contributed by atoms with Gasteiger partial charge in [0.1, 0.15) is 0 Å². The Morgan fingerprint density at radius 3 is 2.81 bits per heavy atom. The number of methoxy groups -OCH3 is 1. The third-order valence-electron chi connectivity index (χ3n) is 3.09. The fourth-order valence-electron chi connectivity index (χ4n) is 1.93. The number of pyridine rings is 1. The second-order valence-corrected chi connectivity index (χ2v) is 4.73. The number of rotatable bonds is 6. The van der Waals surface area contributed by atoms with Crippen molar-refractivity contribution in [1.82, 2.24) is 10.3 Å². The number of hydrogen-bond donors (Lipinski definition) is 2. The number of carbonyl (C=O) groups is 1. The predicted molar refractivity (Wildman–Crippen MR) is 81.8 cm³/mol. The number of carbonyl (C=O) groups excluding carboxylic acids is 1. The number of aryl methyl sites for hydroxylation is 1. The van der Waals surface area contributed by atoms with E-state index in [4.69, 9.17) is 10.5 Å². The van der Waals surface area contributed by atoms with Gasteiger partial charge in [-0.25, -0.2) is 4.98 Å². The van der Waals surface area contributed by atoms with E-state index in [1.807, 2.05) is 30.3 Å². The molecule has 0 atom stereocenters. The molecule has 1 aromatic heterocycles. The number of anilines is 1. The molecule has 5 heteroatoms. The molecule has 0 spiro atoms. The third-order valence-corrected chi connectivity index (χ3v) is 3.09. The summed E-state index contributed by atoms with van der Waals surface area (Å²) in [6.07, 6.45) is 2.81. The van der Waals surface area contributed by atoms with Crippen LogP contribution in [0.15, 0.2) is 42.6 Å². The Morgan fingerprint density at radius 1 is 1.29 bits per heavy atom. The van der Waals surface area contributed by atoms with Gasteiger partial charge in [-0.3, -0.25) is 4.79 Å². The van der Waals surface area contributed by atoms with Crippen LogP contribution >= 0.6 is 0 Å². The van der Waals surface area contributed by atoms with Gasteiger partial charge in [-0.05, 0) is 29.7 Å². The van der Waals surface area contributed by atoms with Crippen molar-refractivity contribution < 1.29 is 9.53 Å². The second kappa shape index (κ2) is 7.28. The van der Waals surface area contributed by atoms with Crippen LogP contribution in [-0.4, -0.2) is 18.0 Å². The zero-order chi connectivity index (χ0) is 15.1. The van der Waals surface area contributed by atoms with E-state index in [9.17, 15) is 4.79 Å². The lowest BCUT2D eigenvalue weighted by atomic mass is 10.1. The average molecular weight is 285 g/mol. The van der Waals surface area contributed by atoms with Gasteiger partial charge in [-0.1, -0.05) is 18.2 Å². The molecular weight excluding hydrogens is 266 g/mol. The van der Waals surface area contributed by atoms with Gasteiger partial charge in [0.2, 0.25) is 11.8 Å². The van der Waals surface area contributed by atoms with Gasteiger partial charge in [0.05, 0.1) is 7.11 Å². The molecule has 0 aliphatic rings. The summed E-state index contributed by atoms with van der Waals surface area (Å²) in [4.78, 5) is 15.9. The van der Waals surface area contributed by atoms with Crippen molar-refractivity contribution >= 4 is 11.6 Å². The molecule has 0 bridgehead atoms. The maximum absolute atomic E-state index is 11.8. The van der Waals surface area contributed by atoms with Gasteiger partial charge in [-0.15, -0.1) is 0 Å². The molecule has 5 nitrogen and oxygen atoms in total. The maximum Gasteiger partial charge on any atom is 0.220 e. The molecule has 0 aliphatic heterocycles. The number of ether oxygens (including phenoxy) is 1. The number of aromatic nitrogens is 1. The molecule has 1 amide bonds. The van der Waals surface area contributed by atoms with Gasteiger partial charge in [0.25, 0.3) is 0 Å². The third kappa shape index (κ3) is 4.80. The smallest absolute Gasteiger partial charge is 0.220 e. The van der Waals surface area contributed by atoms with Crippen LogP contribution in [0.25, 0.3) is 0 Å². The van der Waals surface area contributed by atoms with Crippen LogP contribution in [-0.2, 0) is 17.8 Å². The standard InChI is InChI=1S/C16H19N3O2/c1-21-16-8-6-13(11-19-16)10-18-15(20)7-5-12-3-2-4-14(17)9-12/h2-4,6,8-9,11H,5,7,10,17H2,1H3,(H,18,20). The molecule has 0 unspecified atom stereocenters. The molecule has 3 N–H and O–H groups in total. The number of benzene rings is 1. The summed E-state index contributed by atoms with van der Waals surface area (Å²) in [6, 6.07) is 11.2. The quantitative estimate of drug-likeness (QED) is 0.795. The van der Waals surface area contributed by atoms with E-state index in [1.165, 1.54) is 0 Å². The summed E-state index contributed by atoms with van der Waals surface area (Å²) in [5.41, 5.74) is 8.43. The highest BCUT2D eigenvalue weighted by atomic mass is 16.5. The van der Waals surface area contributed by atoms with Crippen molar-refractivity contribution in [3.63, 3.8) is 0 Å². The van der Waals surface area contributed by atoms with Gasteiger partial charge < -0.3 is 15.8 Å². The number of nitrogen functional groups attached to an aromatic ring is 1. The van der Waals surface area contributed by atoms with Crippen molar-refractivity contribution in [3.05, 3.63) is 53.7 Å². The second-order valence-electron chi connectivity index (χ2n) is 4.73. The van der Waals surface area contributed by atoms with Crippen LogP contribution in [0.1, 0.15) is 17.5 Å². The summed E-state index contributed by atoms with van der Waals surface area (Å²) in [5, 5.41) is 2.87. The van der Waals surface area contributed by atoms with Crippen molar-refractivity contribution in [3.8, 4) is 5.88 Å². The normalized spacial score (nSPS) is 10.1. The molecule has 21 heavy (non-hydrogen) atoms. The average Bonchev–Trinajstić information content (AvgIpc) is 2.51. The molecule has 2 aromatic rings. The largest absolute Gasteiger partial charge is 0.481 e. The minimum Gasteiger partial charge on any atom is -0.481 e. The Morgan fingerprint density at radius 2 is 2.14 bits per heavy atom. The molecular formula is C16H19N3O2. The molecule has 1 heterocycles. The zero-order valence-electron chi connectivity index (χ0n) is 12.0. The number of amides is 1. The van der Waals surface area contributed by atoms with E-state index >= 15 is 0 Å². The number of nitrogens with one attached hydrogen (secondary N) is 1. The van der Waals surface area contributed by atoms with Crippen LogP contribution in [0.2, 0.25) is 0 Å². The van der Waals surface area contributed by atoms with Crippen LogP contribution in [0.3, 0.4) is 0 Å². The van der Waals surface area contributed by atoms with E-state index < -0.39 is 0 Å². The Bertz CT molecular complexity index is 597. The number of nitrogens with two attached hydrogens (primary N) is 1. The Labute approximate surface area is 124 Å². The first-order chi connectivity index (χ1) is 10.2. The van der Waals surface area contributed by atoms with Crippen LogP contribution < -0.4 is 15.8 Å². The van der Waals surface area contributed by atoms with Gasteiger partial charge in [0, 0.05) is 30.9 Å². The minimum atomic E-state index is 0.00763. The Hall–Kier alpha value is -2.56. The first-order valence-electron chi connectivity index (χ1n) is 6.77. The molecule has 110 valence electrons. The Balaban J connectivity index is 1.76. The summed E-state index contributed by atoms with van der Waals surface area (Å²) < 4.78 is 4.98. The van der Waals surface area contributed by atoms with Crippen molar-refractivity contribution in [2.24, 2.45) is 0 Å². The molecule has 2 rings (SSSR count). The van der Waals surface area contributed by atoms with E-state index in [-0.39, 0.29) is 5.91 Å². The zero-order valence-corrected chi connectivity index (χ0v) is 12.0. The molecule has 0 saturated heterocycles. The van der Waals surface area contributed by atoms with E-state index in [2.05, 4.69) is 10.3 Å². The summed E-state index contributed by atoms with van der Waals surface area (Å²) in [7, 11) is 1.57. The van der Waals surface area contributed by atoms with Crippen LogP contribution in [0, 0.1) is 0 Å². The minimum absolute atomic E-state index is 0.00763. The monoisotopic (exact) mass is 285 g/mol. The fourth-order valence-corrected chi connectivity index (χ4v) is 1.93. The van der Waals surface area contributed by atoms with Crippen molar-refractivity contribution in [2.45, 2.75) is 19.4 Å². The first-order valence-corrected chi connectivity index (χ1v) is 6.77. The summed E-state index contributed by atoms with van der Waals surface area (Å²) >= 11 is 0. The van der Waals surface area contributed by atoms with Gasteiger partial charge >= 0.3 is 0 Å². The summed E-state index contributed by atoms with van der Waals surface area (Å²) in [5.74, 6) is 0.569. The van der Waals surface area contributed by atoms with Crippen LogP contribution in [0.4, 0.5) is 5.69 Å². The summed E-state index contributed by atoms with van der Waals surface area (Å²) in [6.45, 7) is 0.465. The SMILES string of the molecule is COc1ccc(CNC(=O)CCc2cccc(N)c2)cn1. The molecule has 0 fully saturated rings. The lowest BCUT2D eigenvalue weighted by Gasteiger charge is -2.06.